The molecule has 8 heteroatoms. The highest BCUT2D eigenvalue weighted by Crippen LogP contribution is 2.46. The Morgan fingerprint density at radius 3 is 2.56 bits per heavy atom. The quantitative estimate of drug-likeness (QED) is 0.638. The van der Waals surface area contributed by atoms with E-state index < -0.39 is 16.3 Å². The maximum absolute atomic E-state index is 13.2. The van der Waals surface area contributed by atoms with Gasteiger partial charge < -0.3 is 15.8 Å². The molecule has 0 spiro atoms. The summed E-state index contributed by atoms with van der Waals surface area (Å²) in [5.74, 6) is -2.94. The summed E-state index contributed by atoms with van der Waals surface area (Å²) in [6.45, 7) is 0.101. The van der Waals surface area contributed by atoms with Gasteiger partial charge in [0.1, 0.15) is 0 Å². The molecule has 18 heavy (non-hydrogen) atoms. The van der Waals surface area contributed by atoms with Crippen molar-refractivity contribution in [2.24, 2.45) is 5.73 Å². The third kappa shape index (κ3) is 2.07. The Hall–Kier alpha value is -1.57. The largest absolute Gasteiger partial charge is 0.358 e. The molecule has 0 atom stereocenters. The number of aromatic nitrogens is 2. The van der Waals surface area contributed by atoms with Crippen LogP contribution in [0.4, 0.5) is 14.6 Å². The summed E-state index contributed by atoms with van der Waals surface area (Å²) >= 11 is 0. The molecule has 1 aliphatic rings. The predicted molar refractivity (Wildman–Crippen MR) is 59.4 cm³/mol. The number of hydrogen-bond acceptors (Lipinski definition) is 4. The molecule has 1 saturated carbocycles. The topological polar surface area (TPSA) is 97.8 Å². The number of nitrogens with one attached hydrogen (secondary N) is 1. The average molecular weight is 260 g/mol. The van der Waals surface area contributed by atoms with Gasteiger partial charge in [0.05, 0.1) is 11.8 Å². The molecular weight excluding hydrogens is 246 g/mol. The summed E-state index contributed by atoms with van der Waals surface area (Å²) in [6.07, 6.45) is 1.00. The van der Waals surface area contributed by atoms with Crippen LogP contribution in [0.15, 0.2) is 6.20 Å². The molecule has 0 bridgehead atoms. The maximum Gasteiger partial charge on any atom is 0.346 e. The molecule has 100 valence electrons. The standard InChI is InChI=1S/C10H14F2N4O2/c11-10(12)3-1-9(6-13,2-4-10)7-5-14-15-8(7)16(17)18/h5H,1-4,6,13H2,(H,14,15). The van der Waals surface area contributed by atoms with Gasteiger partial charge in [0.15, 0.2) is 0 Å². The van der Waals surface area contributed by atoms with Crippen molar-refractivity contribution < 1.29 is 13.7 Å². The minimum absolute atomic E-state index is 0.101. The van der Waals surface area contributed by atoms with Crippen molar-refractivity contribution in [3.05, 3.63) is 21.9 Å². The van der Waals surface area contributed by atoms with Crippen LogP contribution >= 0.6 is 0 Å². The van der Waals surface area contributed by atoms with E-state index in [1.165, 1.54) is 6.20 Å². The van der Waals surface area contributed by atoms with Crippen LogP contribution in [0.2, 0.25) is 0 Å². The van der Waals surface area contributed by atoms with E-state index in [1.54, 1.807) is 0 Å². The minimum Gasteiger partial charge on any atom is -0.358 e. The van der Waals surface area contributed by atoms with Gasteiger partial charge in [-0.05, 0) is 17.8 Å². The number of nitrogens with two attached hydrogens (primary N) is 1. The first-order valence-corrected chi connectivity index (χ1v) is 5.66. The van der Waals surface area contributed by atoms with Crippen molar-refractivity contribution in [3.63, 3.8) is 0 Å². The number of rotatable bonds is 3. The van der Waals surface area contributed by atoms with Crippen LogP contribution in [0, 0.1) is 10.1 Å². The van der Waals surface area contributed by atoms with Crippen LogP contribution in [-0.2, 0) is 5.41 Å². The maximum atomic E-state index is 13.2. The summed E-state index contributed by atoms with van der Waals surface area (Å²) in [4.78, 5) is 10.3. The third-order valence-electron chi connectivity index (χ3n) is 3.70. The van der Waals surface area contributed by atoms with Crippen LogP contribution in [-0.4, -0.2) is 27.6 Å². The Bertz CT molecular complexity index is 450. The molecule has 0 aromatic carbocycles. The van der Waals surface area contributed by atoms with Crippen molar-refractivity contribution in [3.8, 4) is 0 Å². The molecule has 0 unspecified atom stereocenters. The lowest BCUT2D eigenvalue weighted by atomic mass is 9.69. The van der Waals surface area contributed by atoms with Gasteiger partial charge in [0, 0.05) is 24.8 Å². The van der Waals surface area contributed by atoms with Gasteiger partial charge in [-0.3, -0.25) is 0 Å². The molecule has 1 fully saturated rings. The average Bonchev–Trinajstić information content (AvgIpc) is 2.79. The number of nitro groups is 1. The molecule has 1 heterocycles. The summed E-state index contributed by atoms with van der Waals surface area (Å²) < 4.78 is 26.4. The van der Waals surface area contributed by atoms with E-state index in [1.807, 2.05) is 0 Å². The summed E-state index contributed by atoms with van der Waals surface area (Å²) in [6, 6.07) is 0. The molecular formula is C10H14F2N4O2. The lowest BCUT2D eigenvalue weighted by molar-refractivity contribution is -0.390. The van der Waals surface area contributed by atoms with Crippen LogP contribution < -0.4 is 5.73 Å². The van der Waals surface area contributed by atoms with E-state index in [0.29, 0.717) is 5.56 Å². The van der Waals surface area contributed by atoms with E-state index in [2.05, 4.69) is 10.2 Å². The Kier molecular flexibility index (Phi) is 3.05. The SMILES string of the molecule is NCC1(c2cn[nH]c2[N+](=O)[O-])CCC(F)(F)CC1. The highest BCUT2D eigenvalue weighted by molar-refractivity contribution is 5.38. The summed E-state index contributed by atoms with van der Waals surface area (Å²) in [5.41, 5.74) is 5.25. The van der Waals surface area contributed by atoms with Gasteiger partial charge in [-0.2, -0.15) is 0 Å². The molecule has 0 aliphatic heterocycles. The summed E-state index contributed by atoms with van der Waals surface area (Å²) in [7, 11) is 0. The normalized spacial score (nSPS) is 21.7. The fraction of sp³-hybridized carbons (Fsp3) is 0.700. The van der Waals surface area contributed by atoms with Crippen molar-refractivity contribution in [2.45, 2.75) is 37.0 Å². The highest BCUT2D eigenvalue weighted by Gasteiger charge is 2.46. The van der Waals surface area contributed by atoms with E-state index in [-0.39, 0.29) is 38.0 Å². The monoisotopic (exact) mass is 260 g/mol. The zero-order valence-electron chi connectivity index (χ0n) is 9.66. The number of H-pyrrole nitrogens is 1. The van der Waals surface area contributed by atoms with Crippen molar-refractivity contribution in [1.82, 2.24) is 10.2 Å². The van der Waals surface area contributed by atoms with E-state index in [0.717, 1.165) is 0 Å². The van der Waals surface area contributed by atoms with Crippen molar-refractivity contribution in [1.29, 1.82) is 0 Å². The fourth-order valence-electron chi connectivity index (χ4n) is 2.48. The van der Waals surface area contributed by atoms with Gasteiger partial charge in [-0.25, -0.2) is 8.78 Å². The lowest BCUT2D eigenvalue weighted by Crippen LogP contribution is -2.42. The van der Waals surface area contributed by atoms with Crippen molar-refractivity contribution >= 4 is 5.82 Å². The van der Waals surface area contributed by atoms with Gasteiger partial charge in [0.2, 0.25) is 5.92 Å². The number of alkyl halides is 2. The van der Waals surface area contributed by atoms with Crippen LogP contribution in [0.3, 0.4) is 0 Å². The zero-order valence-corrected chi connectivity index (χ0v) is 9.66. The summed E-state index contributed by atoms with van der Waals surface area (Å²) in [5, 5.41) is 16.8. The first-order chi connectivity index (χ1) is 8.40. The van der Waals surface area contributed by atoms with Crippen molar-refractivity contribution in [2.75, 3.05) is 6.54 Å². The van der Waals surface area contributed by atoms with Crippen LogP contribution in [0.25, 0.3) is 0 Å². The number of hydrogen-bond donors (Lipinski definition) is 2. The predicted octanol–water partition coefficient (Wildman–Crippen LogP) is 1.72. The highest BCUT2D eigenvalue weighted by atomic mass is 19.3. The molecule has 6 nitrogen and oxygen atoms in total. The van der Waals surface area contributed by atoms with Crippen LogP contribution in [0.1, 0.15) is 31.2 Å². The van der Waals surface area contributed by atoms with Gasteiger partial charge in [0.25, 0.3) is 0 Å². The lowest BCUT2D eigenvalue weighted by Gasteiger charge is -2.38. The number of aromatic amines is 1. The van der Waals surface area contributed by atoms with E-state index >= 15 is 0 Å². The van der Waals surface area contributed by atoms with Gasteiger partial charge >= 0.3 is 5.82 Å². The second-order valence-electron chi connectivity index (χ2n) is 4.73. The second kappa shape index (κ2) is 4.27. The van der Waals surface area contributed by atoms with Gasteiger partial charge in [-0.15, -0.1) is 5.10 Å². The first-order valence-electron chi connectivity index (χ1n) is 5.66. The molecule has 0 radical (unpaired) electrons. The Morgan fingerprint density at radius 2 is 2.06 bits per heavy atom. The van der Waals surface area contributed by atoms with E-state index in [4.69, 9.17) is 5.73 Å². The zero-order chi connectivity index (χ0) is 13.4. The fourth-order valence-corrected chi connectivity index (χ4v) is 2.48. The first kappa shape index (κ1) is 12.9. The molecule has 0 saturated heterocycles. The number of nitrogens with zero attached hydrogens (tertiary/aromatic N) is 2. The minimum atomic E-state index is -2.70. The Morgan fingerprint density at radius 1 is 1.44 bits per heavy atom. The molecule has 1 aromatic rings. The second-order valence-corrected chi connectivity index (χ2v) is 4.73. The molecule has 3 N–H and O–H groups in total. The molecule has 1 aliphatic carbocycles. The van der Waals surface area contributed by atoms with Gasteiger partial charge in [-0.1, -0.05) is 5.10 Å². The third-order valence-corrected chi connectivity index (χ3v) is 3.70. The van der Waals surface area contributed by atoms with Crippen LogP contribution in [0.5, 0.6) is 0 Å². The Labute approximate surface area is 102 Å². The van der Waals surface area contributed by atoms with E-state index in [9.17, 15) is 18.9 Å². The molecule has 0 amide bonds. The molecule has 1 aromatic heterocycles. The number of halogens is 2. The smallest absolute Gasteiger partial charge is 0.346 e. The molecule has 2 rings (SSSR count). The Balaban J connectivity index is 2.34.